The van der Waals surface area contributed by atoms with Gasteiger partial charge in [0.15, 0.2) is 5.96 Å². The highest BCUT2D eigenvalue weighted by atomic mass is 35.5. The Kier molecular flexibility index (Phi) is 3.73. The maximum Gasteiger partial charge on any atom is 0.328 e. The number of hydrogen-bond acceptors (Lipinski definition) is 2. The van der Waals surface area contributed by atoms with Crippen LogP contribution in [0.15, 0.2) is 18.2 Å². The molecule has 86 valence electrons. The molecule has 0 atom stereocenters. The molecule has 0 spiro atoms. The van der Waals surface area contributed by atoms with Crippen molar-refractivity contribution in [3.05, 3.63) is 28.8 Å². The molecule has 0 bridgehead atoms. The van der Waals surface area contributed by atoms with Gasteiger partial charge in [-0.3, -0.25) is 15.6 Å². The highest BCUT2D eigenvalue weighted by Crippen LogP contribution is 2.28. The molecule has 4 N–H and O–H groups in total. The van der Waals surface area contributed by atoms with Gasteiger partial charge in [-0.05, 0) is 18.6 Å². The molecule has 0 aromatic heterocycles. The van der Waals surface area contributed by atoms with Crippen molar-refractivity contribution in [3.63, 3.8) is 0 Å². The standard InChI is InChI=1S/C10H13ClN4O/c1-6-4-3-5-7(11)8(6)15(2)10(16)14-9(12)13/h3-5H,1-2H3,(H4,12,13,14,16). The fourth-order valence-electron chi connectivity index (χ4n) is 1.35. The van der Waals surface area contributed by atoms with Crippen LogP contribution in [0, 0.1) is 12.3 Å². The van der Waals surface area contributed by atoms with Crippen LogP contribution in [0.5, 0.6) is 0 Å². The molecule has 0 saturated heterocycles. The van der Waals surface area contributed by atoms with Gasteiger partial charge in [0.1, 0.15) is 0 Å². The van der Waals surface area contributed by atoms with Crippen molar-refractivity contribution in [2.45, 2.75) is 6.92 Å². The average molecular weight is 241 g/mol. The molecular weight excluding hydrogens is 228 g/mol. The van der Waals surface area contributed by atoms with Gasteiger partial charge in [0, 0.05) is 7.05 Å². The Balaban J connectivity index is 3.00. The minimum absolute atomic E-state index is 0.401. The topological polar surface area (TPSA) is 82.2 Å². The van der Waals surface area contributed by atoms with Crippen molar-refractivity contribution in [1.82, 2.24) is 5.32 Å². The number of rotatable bonds is 1. The monoisotopic (exact) mass is 240 g/mol. The Labute approximate surface area is 98.7 Å². The second-order valence-electron chi connectivity index (χ2n) is 3.31. The number of amides is 2. The van der Waals surface area contributed by atoms with E-state index in [1.807, 2.05) is 13.0 Å². The third kappa shape index (κ3) is 2.64. The van der Waals surface area contributed by atoms with E-state index in [0.29, 0.717) is 10.7 Å². The minimum atomic E-state index is -0.497. The highest BCUT2D eigenvalue weighted by molar-refractivity contribution is 6.34. The number of urea groups is 1. The number of hydrogen-bond donors (Lipinski definition) is 3. The van der Waals surface area contributed by atoms with Gasteiger partial charge in [0.25, 0.3) is 0 Å². The number of guanidine groups is 1. The third-order valence-electron chi connectivity index (χ3n) is 2.07. The lowest BCUT2D eigenvalue weighted by molar-refractivity contribution is 0.251. The van der Waals surface area contributed by atoms with Crippen LogP contribution in [0.25, 0.3) is 0 Å². The molecule has 0 saturated carbocycles. The zero-order chi connectivity index (χ0) is 12.3. The molecular formula is C10H13ClN4O. The van der Waals surface area contributed by atoms with Gasteiger partial charge in [-0.25, -0.2) is 4.79 Å². The summed E-state index contributed by atoms with van der Waals surface area (Å²) in [6, 6.07) is 4.85. The van der Waals surface area contributed by atoms with E-state index in [2.05, 4.69) is 5.32 Å². The molecule has 0 aliphatic heterocycles. The van der Waals surface area contributed by atoms with Gasteiger partial charge in [-0.15, -0.1) is 0 Å². The van der Waals surface area contributed by atoms with Gasteiger partial charge in [-0.1, -0.05) is 23.7 Å². The van der Waals surface area contributed by atoms with E-state index in [4.69, 9.17) is 22.7 Å². The Morgan fingerprint density at radius 2 is 2.19 bits per heavy atom. The zero-order valence-corrected chi connectivity index (χ0v) is 9.80. The zero-order valence-electron chi connectivity index (χ0n) is 9.04. The second-order valence-corrected chi connectivity index (χ2v) is 3.72. The number of para-hydroxylation sites is 1. The number of anilines is 1. The minimum Gasteiger partial charge on any atom is -0.370 e. The Hall–Kier alpha value is -1.75. The summed E-state index contributed by atoms with van der Waals surface area (Å²) in [6.45, 7) is 1.85. The highest BCUT2D eigenvalue weighted by Gasteiger charge is 2.15. The number of nitrogens with one attached hydrogen (secondary N) is 2. The predicted molar refractivity (Wildman–Crippen MR) is 65.0 cm³/mol. The van der Waals surface area contributed by atoms with Crippen LogP contribution in [-0.4, -0.2) is 19.0 Å². The van der Waals surface area contributed by atoms with Crippen LogP contribution >= 0.6 is 11.6 Å². The van der Waals surface area contributed by atoms with Crippen LogP contribution in [0.2, 0.25) is 5.02 Å². The summed E-state index contributed by atoms with van der Waals surface area (Å²) >= 11 is 6.00. The third-order valence-corrected chi connectivity index (χ3v) is 2.38. The van der Waals surface area contributed by atoms with Crippen molar-refractivity contribution < 1.29 is 4.79 Å². The number of benzene rings is 1. The van der Waals surface area contributed by atoms with E-state index in [0.717, 1.165) is 5.56 Å². The van der Waals surface area contributed by atoms with Crippen molar-refractivity contribution in [2.24, 2.45) is 5.73 Å². The lowest BCUT2D eigenvalue weighted by atomic mass is 10.2. The molecule has 0 unspecified atom stereocenters. The molecule has 0 fully saturated rings. The lowest BCUT2D eigenvalue weighted by Crippen LogP contribution is -2.44. The normalized spacial score (nSPS) is 9.69. The molecule has 0 aliphatic carbocycles. The summed E-state index contributed by atoms with van der Waals surface area (Å²) < 4.78 is 0. The van der Waals surface area contributed by atoms with Gasteiger partial charge < -0.3 is 5.73 Å². The summed E-state index contributed by atoms with van der Waals surface area (Å²) in [5.74, 6) is -0.401. The number of carbonyl (C=O) groups excluding carboxylic acids is 1. The SMILES string of the molecule is Cc1cccc(Cl)c1N(C)C(=O)NC(=N)N. The summed E-state index contributed by atoms with van der Waals surface area (Å²) in [4.78, 5) is 12.9. The predicted octanol–water partition coefficient (Wildman–Crippen LogP) is 1.69. The van der Waals surface area contributed by atoms with E-state index < -0.39 is 12.0 Å². The summed E-state index contributed by atoms with van der Waals surface area (Å²) in [6.07, 6.45) is 0. The maximum absolute atomic E-state index is 11.6. The molecule has 1 aromatic rings. The fraction of sp³-hybridized carbons (Fsp3) is 0.200. The molecule has 0 aliphatic rings. The number of carbonyl (C=O) groups is 1. The Morgan fingerprint density at radius 3 is 2.69 bits per heavy atom. The van der Waals surface area contributed by atoms with E-state index in [1.54, 1.807) is 19.2 Å². The Bertz CT molecular complexity index is 413. The Morgan fingerprint density at radius 1 is 1.56 bits per heavy atom. The number of nitrogens with zero attached hydrogens (tertiary/aromatic N) is 1. The number of aryl methyl sites for hydroxylation is 1. The molecule has 2 amide bonds. The molecule has 0 radical (unpaired) electrons. The second kappa shape index (κ2) is 4.85. The van der Waals surface area contributed by atoms with Gasteiger partial charge in [0.2, 0.25) is 0 Å². The average Bonchev–Trinajstić information content (AvgIpc) is 2.16. The van der Waals surface area contributed by atoms with Crippen LogP contribution in [0.3, 0.4) is 0 Å². The van der Waals surface area contributed by atoms with E-state index in [1.165, 1.54) is 4.90 Å². The number of halogens is 1. The van der Waals surface area contributed by atoms with Crippen molar-refractivity contribution in [2.75, 3.05) is 11.9 Å². The van der Waals surface area contributed by atoms with E-state index in [-0.39, 0.29) is 0 Å². The van der Waals surface area contributed by atoms with E-state index in [9.17, 15) is 4.79 Å². The largest absolute Gasteiger partial charge is 0.370 e. The molecule has 16 heavy (non-hydrogen) atoms. The van der Waals surface area contributed by atoms with Crippen molar-refractivity contribution in [1.29, 1.82) is 5.41 Å². The molecule has 0 heterocycles. The lowest BCUT2D eigenvalue weighted by Gasteiger charge is -2.20. The van der Waals surface area contributed by atoms with Crippen LogP contribution < -0.4 is 16.0 Å². The van der Waals surface area contributed by atoms with Crippen LogP contribution in [-0.2, 0) is 0 Å². The van der Waals surface area contributed by atoms with Crippen LogP contribution in [0.1, 0.15) is 5.56 Å². The maximum atomic E-state index is 11.6. The smallest absolute Gasteiger partial charge is 0.328 e. The van der Waals surface area contributed by atoms with Crippen molar-refractivity contribution in [3.8, 4) is 0 Å². The molecule has 6 heteroatoms. The number of nitrogens with two attached hydrogens (primary N) is 1. The first-order valence-corrected chi connectivity index (χ1v) is 4.95. The summed E-state index contributed by atoms with van der Waals surface area (Å²) in [5, 5.41) is 9.63. The quantitative estimate of drug-likeness (QED) is 0.516. The van der Waals surface area contributed by atoms with Gasteiger partial charge in [-0.2, -0.15) is 0 Å². The molecule has 5 nitrogen and oxygen atoms in total. The van der Waals surface area contributed by atoms with Gasteiger partial charge >= 0.3 is 6.03 Å². The summed E-state index contributed by atoms with van der Waals surface area (Å²) in [5.41, 5.74) is 6.55. The van der Waals surface area contributed by atoms with Crippen molar-refractivity contribution >= 4 is 29.3 Å². The van der Waals surface area contributed by atoms with E-state index >= 15 is 0 Å². The summed E-state index contributed by atoms with van der Waals surface area (Å²) in [7, 11) is 1.56. The first kappa shape index (κ1) is 12.3. The fourth-order valence-corrected chi connectivity index (χ4v) is 1.70. The molecule has 1 rings (SSSR count). The first-order chi connectivity index (χ1) is 7.43. The first-order valence-electron chi connectivity index (χ1n) is 4.57. The van der Waals surface area contributed by atoms with Crippen LogP contribution in [0.4, 0.5) is 10.5 Å². The molecule has 1 aromatic carbocycles. The van der Waals surface area contributed by atoms with Gasteiger partial charge in [0.05, 0.1) is 10.7 Å².